The van der Waals surface area contributed by atoms with Crippen LogP contribution >= 0.6 is 0 Å². The van der Waals surface area contributed by atoms with Gasteiger partial charge in [-0.25, -0.2) is 0 Å². The summed E-state index contributed by atoms with van der Waals surface area (Å²) in [5, 5.41) is 448. The van der Waals surface area contributed by atoms with E-state index in [1.165, 1.54) is 0 Å². The quantitative estimate of drug-likeness (QED) is 0.0199. The first-order chi connectivity index (χ1) is 59.1. The van der Waals surface area contributed by atoms with Gasteiger partial charge in [0.25, 0.3) is 0 Å². The number of carboxylic acid groups (broad SMARTS) is 10. The van der Waals surface area contributed by atoms with Crippen molar-refractivity contribution in [1.29, 1.82) is 0 Å². The van der Waals surface area contributed by atoms with Crippen molar-refractivity contribution in [2.75, 3.05) is 0 Å². The topological polar surface area (TPSA) is 1380 Å². The van der Waals surface area contributed by atoms with Crippen LogP contribution in [0.4, 0.5) is 0 Å². The van der Waals surface area contributed by atoms with Crippen LogP contribution in [0.3, 0.4) is 0 Å². The Hall–Kier alpha value is -4.58. The number of hydrogen-bond acceptors (Lipinski definition) is 70. The zero-order valence-corrected chi connectivity index (χ0v) is 81.2. The van der Waals surface area contributed by atoms with Gasteiger partial charge in [-0.3, -0.25) is 0 Å². The number of carbonyl (C=O) groups excluding carboxylic acids is 20. The summed E-state index contributed by atoms with van der Waals surface area (Å²) in [6.45, 7) is 0. The van der Waals surface area contributed by atoms with Crippen LogP contribution in [0.25, 0.3) is 0 Å². The fraction of sp³-hybridized carbons (Fsp3) is 0.667. The zero-order chi connectivity index (χ0) is 106. The van der Waals surface area contributed by atoms with Crippen molar-refractivity contribution in [3.63, 3.8) is 0 Å². The number of rotatable bonds is 50. The van der Waals surface area contributed by atoms with Gasteiger partial charge in [-0.05, 0) is 0 Å². The van der Waals surface area contributed by atoms with Gasteiger partial charge in [-0.2, -0.15) is 0 Å². The molecule has 4 radical (unpaired) electrons. The molecular weight excluding hydrogens is 2250 g/mol. The van der Waals surface area contributed by atoms with Crippen LogP contribution in [0.2, 0.25) is 0 Å². The second kappa shape index (κ2) is 94.7. The van der Waals surface area contributed by atoms with Crippen LogP contribution in [0.1, 0.15) is 0 Å². The molecule has 40 atom stereocenters. The minimum atomic E-state index is -2.36. The second-order valence-corrected chi connectivity index (χ2v) is 23.7. The molecule has 790 valence electrons. The van der Waals surface area contributed by atoms with Gasteiger partial charge in [0.15, 0.2) is 62.9 Å². The van der Waals surface area contributed by atoms with Gasteiger partial charge in [-0.1, -0.05) is 0 Å². The number of aliphatic carboxylic acids is 10. The van der Waals surface area contributed by atoms with Crippen molar-refractivity contribution in [3.8, 4) is 0 Å². The van der Waals surface area contributed by atoms with Crippen LogP contribution in [0.15, 0.2) is 0 Å². The molecule has 0 rings (SSSR count). The Balaban J connectivity index is -0.0000000720. The molecule has 0 spiro atoms. The van der Waals surface area contributed by atoms with Crippen LogP contribution in [-0.2, 0) is 201 Å². The van der Waals surface area contributed by atoms with E-state index in [2.05, 4.69) is 0 Å². The van der Waals surface area contributed by atoms with Crippen LogP contribution < -0.4 is 102 Å². The summed E-state index contributed by atoms with van der Waals surface area (Å²) >= 11 is 0. The molecule has 78 heteroatoms. The Labute approximate surface area is 889 Å². The monoisotopic (exact) mass is 2340 g/mol. The van der Waals surface area contributed by atoms with Crippen LogP contribution in [0.5, 0.6) is 0 Å². The van der Waals surface area contributed by atoms with E-state index in [1.807, 2.05) is 0 Å². The van der Waals surface area contributed by atoms with Gasteiger partial charge >= 0.3 is 179 Å². The number of aliphatic hydroxyl groups is 40. The SMILES string of the molecule is O=C[C@H](O)[C@@H](O)[C@@H](O)[C@H](O)C(=O)[O-].O=C[C@H](O)[C@@H](O)[C@@H](O)[C@H](O)C(=O)[O-].O=C[C@H](O)[C@@H](O)[C@@H](O)[C@H](O)C(=O)[O-].O=C[C@H](O)[C@@H](O)[C@@H](O)[C@H](O)C(=O)[O-].O=C[C@H](O)[C@@H](O)[C@@H](O)[C@H](O)C(=O)[O-].O=C[C@H](O)[C@@H](O)[C@@H](O)[C@H](O)C(=O)[O-].O=C[C@H](O)[C@@H](O)[C@@H](O)[C@H](O)C(=O)[O-].O=C[C@H](O)[C@@H](O)[C@@H](O)[C@H](O)C(=O)[O-].O=C[C@H](O)[C@@H](O)[C@@H](O)[C@H](O)C(=O)[O-].O=C[C@H](O)[C@@H](O)[C@@H](O)[C@H](O)C(=O)[O-].[Co+2].[Cr+3].[Cu+2].[Fe+2].[K+].[Mg+2].[Mn+2].[Zn+2]. The predicted molar refractivity (Wildman–Crippen MR) is 357 cm³/mol. The maximum absolute atomic E-state index is 9.95. The van der Waals surface area contributed by atoms with Gasteiger partial charge < -0.3 is 351 Å². The predicted octanol–water partition coefficient (Wildman–Crippen LogP) is -49.6. The number of carboxylic acids is 10. The Morgan fingerprint density at radius 1 is 0.167 bits per heavy atom. The maximum Gasteiger partial charge on any atom is 3.00 e. The molecule has 0 aliphatic carbocycles. The zero-order valence-electron chi connectivity index (χ0n) is 68.2. The van der Waals surface area contributed by atoms with E-state index in [0.717, 1.165) is 0 Å². The van der Waals surface area contributed by atoms with Crippen LogP contribution in [-0.4, -0.2) is 594 Å². The maximum atomic E-state index is 9.95. The fourth-order valence-electron chi connectivity index (χ4n) is 6.09. The first kappa shape index (κ1) is 176. The number of carbonyl (C=O) groups is 20. The first-order valence-electron chi connectivity index (χ1n) is 33.0. The molecular formula is C60H90CoCrCuFeKMgMnO70Zn+6. The standard InChI is InChI=1S/10C6H10O7.Co.Cr.Cu.Fe.K.Mg.Mn.Zn/c10*7-1-2(8)3(9)4(10)5(11)6(12)13;;;;;;;;/h10*1-5,8-11H,(H,12,13);;;;;;;;/q;;;;;;;;;;+2;+3;2*+2;+1;3*+2/p-10/t10*2-,3+,4+,5-;;;;;;;;/m0000000000......../s1. The minimum Gasteiger partial charge on any atom is -0.547 e. The Kier molecular flexibility index (Phi) is 120. The normalized spacial score (nSPS) is 18.8. The van der Waals surface area contributed by atoms with Gasteiger partial charge in [0.05, 0.1) is 59.7 Å². The molecule has 0 aliphatic rings. The molecule has 0 unspecified atom stereocenters. The summed E-state index contributed by atoms with van der Waals surface area (Å²) in [7, 11) is 0. The number of hydrogen-bond donors (Lipinski definition) is 40. The Bertz CT molecular complexity index is 2680. The van der Waals surface area contributed by atoms with E-state index in [-0.39, 0.29) is 242 Å². The fourth-order valence-corrected chi connectivity index (χ4v) is 6.09. The summed E-state index contributed by atoms with van der Waals surface area (Å²) in [6, 6.07) is 0. The van der Waals surface area contributed by atoms with E-state index >= 15 is 0 Å². The largest absolute Gasteiger partial charge is 3.00 e. The van der Waals surface area contributed by atoms with Gasteiger partial charge in [0, 0.05) is 0 Å². The third kappa shape index (κ3) is 72.6. The molecule has 70 nitrogen and oxygen atoms in total. The van der Waals surface area contributed by atoms with Crippen molar-refractivity contribution in [2.45, 2.75) is 244 Å². The first-order valence-corrected chi connectivity index (χ1v) is 33.0. The molecule has 0 bridgehead atoms. The Morgan fingerprint density at radius 2 is 0.210 bits per heavy atom. The number of aliphatic hydroxyl groups excluding tert-OH is 40. The van der Waals surface area contributed by atoms with E-state index in [0.29, 0.717) is 0 Å². The molecule has 0 aromatic rings. The van der Waals surface area contributed by atoms with Crippen LogP contribution in [0, 0.1) is 0 Å². The molecule has 0 amide bonds. The molecule has 0 saturated carbocycles. The van der Waals surface area contributed by atoms with Gasteiger partial charge in [0.2, 0.25) is 0 Å². The third-order valence-electron chi connectivity index (χ3n) is 14.0. The second-order valence-electron chi connectivity index (χ2n) is 23.7. The smallest absolute Gasteiger partial charge is 0.547 e. The Morgan fingerprint density at radius 3 is 0.239 bits per heavy atom. The summed E-state index contributed by atoms with van der Waals surface area (Å²) in [4.78, 5) is 198. The van der Waals surface area contributed by atoms with E-state index in [1.54, 1.807) is 0 Å². The average molecular weight is 2350 g/mol. The van der Waals surface area contributed by atoms with Crippen molar-refractivity contribution < 1.29 is 507 Å². The molecule has 0 heterocycles. The third-order valence-corrected chi connectivity index (χ3v) is 14.0. The summed E-state index contributed by atoms with van der Waals surface area (Å²) in [5.74, 6) is -20.1. The van der Waals surface area contributed by atoms with E-state index < -0.39 is 304 Å². The molecule has 0 aromatic carbocycles. The summed E-state index contributed by atoms with van der Waals surface area (Å²) in [5.41, 5.74) is 0. The van der Waals surface area contributed by atoms with Crippen molar-refractivity contribution >= 4 is 146 Å². The molecule has 0 aliphatic heterocycles. The van der Waals surface area contributed by atoms with Crippen molar-refractivity contribution in [2.24, 2.45) is 0 Å². The molecule has 40 N–H and O–H groups in total. The minimum absolute atomic E-state index is 0. The molecule has 0 fully saturated rings. The van der Waals surface area contributed by atoms with Crippen molar-refractivity contribution in [1.82, 2.24) is 0 Å². The molecule has 138 heavy (non-hydrogen) atoms. The average Bonchev–Trinajstić information content (AvgIpc) is 0.953. The van der Waals surface area contributed by atoms with Gasteiger partial charge in [0.1, 0.15) is 244 Å². The van der Waals surface area contributed by atoms with Crippen molar-refractivity contribution in [3.05, 3.63) is 0 Å². The molecule has 0 aromatic heterocycles. The van der Waals surface area contributed by atoms with E-state index in [4.69, 9.17) is 204 Å². The molecule has 0 saturated heterocycles. The summed E-state index contributed by atoms with van der Waals surface area (Å²) in [6.07, 6.45) is -86.5. The summed E-state index contributed by atoms with van der Waals surface area (Å²) < 4.78 is 0. The van der Waals surface area contributed by atoms with E-state index in [9.17, 15) is 147 Å². The van der Waals surface area contributed by atoms with Gasteiger partial charge in [-0.15, -0.1) is 0 Å². The number of aldehydes is 10.